The molecule has 2 rings (SSSR count). The van der Waals surface area contributed by atoms with Gasteiger partial charge in [-0.3, -0.25) is 4.68 Å². The number of aromatic nitrogens is 2. The van der Waals surface area contributed by atoms with E-state index in [1.54, 1.807) is 0 Å². The van der Waals surface area contributed by atoms with Crippen molar-refractivity contribution in [2.75, 3.05) is 5.33 Å². The number of halogens is 2. The predicted molar refractivity (Wildman–Crippen MR) is 78.7 cm³/mol. The van der Waals surface area contributed by atoms with Gasteiger partial charge in [-0.1, -0.05) is 22.9 Å². The average molecular weight is 364 g/mol. The largest absolute Gasteiger partial charge is 0.268 e. The maximum atomic E-state index is 4.58. The number of hydrogen-bond acceptors (Lipinski definition) is 1. The summed E-state index contributed by atoms with van der Waals surface area (Å²) in [6.07, 6.45) is 3.89. The summed E-state index contributed by atoms with van der Waals surface area (Å²) < 4.78 is 3.34. The molecule has 0 saturated heterocycles. The van der Waals surface area contributed by atoms with Crippen molar-refractivity contribution >= 4 is 31.9 Å². The van der Waals surface area contributed by atoms with Crippen LogP contribution in [0.1, 0.15) is 38.1 Å². The molecule has 1 aromatic heterocycles. The van der Waals surface area contributed by atoms with Crippen LogP contribution in [-0.2, 0) is 13.0 Å². The molecule has 0 N–H and O–H groups in total. The molecule has 0 bridgehead atoms. The minimum Gasteiger partial charge on any atom is -0.268 e. The van der Waals surface area contributed by atoms with Crippen LogP contribution >= 0.6 is 31.9 Å². The van der Waals surface area contributed by atoms with Crippen molar-refractivity contribution < 1.29 is 0 Å². The van der Waals surface area contributed by atoms with Crippen LogP contribution in [-0.4, -0.2) is 15.1 Å². The smallest absolute Gasteiger partial charge is 0.0738 e. The predicted octanol–water partition coefficient (Wildman–Crippen LogP) is 4.33. The first-order chi connectivity index (χ1) is 8.01. The Bertz CT molecular complexity index is 410. The van der Waals surface area contributed by atoms with Crippen molar-refractivity contribution in [1.29, 1.82) is 0 Å². The molecule has 0 aromatic carbocycles. The van der Waals surface area contributed by atoms with Crippen LogP contribution in [0.3, 0.4) is 0 Å². The van der Waals surface area contributed by atoms with E-state index in [2.05, 4.69) is 62.4 Å². The van der Waals surface area contributed by atoms with Gasteiger partial charge in [0.05, 0.1) is 15.9 Å². The lowest BCUT2D eigenvalue weighted by atomic mass is 9.82. The first-order valence-electron chi connectivity index (χ1n) is 6.29. The van der Waals surface area contributed by atoms with Crippen molar-refractivity contribution in [1.82, 2.24) is 9.78 Å². The molecule has 1 atom stereocenters. The Balaban J connectivity index is 2.27. The van der Waals surface area contributed by atoms with Gasteiger partial charge >= 0.3 is 0 Å². The van der Waals surface area contributed by atoms with E-state index in [1.807, 2.05) is 0 Å². The molecule has 0 spiro atoms. The van der Waals surface area contributed by atoms with Gasteiger partial charge in [-0.15, -0.1) is 0 Å². The van der Waals surface area contributed by atoms with E-state index in [-0.39, 0.29) is 0 Å². The second-order valence-corrected chi connectivity index (χ2v) is 6.75. The number of alkyl halides is 1. The summed E-state index contributed by atoms with van der Waals surface area (Å²) in [6.45, 7) is 7.58. The highest BCUT2D eigenvalue weighted by Gasteiger charge is 2.41. The van der Waals surface area contributed by atoms with Crippen LogP contribution < -0.4 is 0 Å². The van der Waals surface area contributed by atoms with E-state index in [9.17, 15) is 0 Å². The normalized spacial score (nSPS) is 19.4. The van der Waals surface area contributed by atoms with Crippen LogP contribution in [0.5, 0.6) is 0 Å². The Morgan fingerprint density at radius 1 is 1.47 bits per heavy atom. The van der Waals surface area contributed by atoms with Crippen molar-refractivity contribution in [3.05, 3.63) is 15.9 Å². The highest BCUT2D eigenvalue weighted by Crippen LogP contribution is 2.49. The maximum Gasteiger partial charge on any atom is 0.0738 e. The zero-order chi connectivity index (χ0) is 12.6. The molecule has 4 heteroatoms. The average Bonchev–Trinajstić information content (AvgIpc) is 3.13. The van der Waals surface area contributed by atoms with Crippen LogP contribution in [0.2, 0.25) is 0 Å². The quantitative estimate of drug-likeness (QED) is 0.712. The van der Waals surface area contributed by atoms with Gasteiger partial charge in [-0.2, -0.15) is 5.10 Å². The minimum atomic E-state index is 0.377. The second kappa shape index (κ2) is 5.04. The molecule has 0 aliphatic heterocycles. The third kappa shape index (κ3) is 2.62. The summed E-state index contributed by atoms with van der Waals surface area (Å²) in [4.78, 5) is 0. The van der Waals surface area contributed by atoms with Gasteiger partial charge in [0.15, 0.2) is 0 Å². The lowest BCUT2D eigenvalue weighted by molar-refractivity contribution is 0.308. The van der Waals surface area contributed by atoms with E-state index in [1.165, 1.54) is 23.0 Å². The molecule has 1 fully saturated rings. The lowest BCUT2D eigenvalue weighted by Gasteiger charge is -2.27. The highest BCUT2D eigenvalue weighted by molar-refractivity contribution is 9.10. The van der Waals surface area contributed by atoms with Crippen LogP contribution in [0.25, 0.3) is 0 Å². The molecular formula is C13H20Br2N2. The summed E-state index contributed by atoms with van der Waals surface area (Å²) in [7, 11) is 0. The maximum absolute atomic E-state index is 4.58. The van der Waals surface area contributed by atoms with Crippen molar-refractivity contribution in [2.45, 2.75) is 46.6 Å². The summed E-state index contributed by atoms with van der Waals surface area (Å²) in [5.41, 5.74) is 2.84. The Morgan fingerprint density at radius 3 is 2.59 bits per heavy atom. The molecule has 2 nitrogen and oxygen atoms in total. The number of hydrogen-bond donors (Lipinski definition) is 0. The van der Waals surface area contributed by atoms with Gasteiger partial charge in [0.2, 0.25) is 0 Å². The summed E-state index contributed by atoms with van der Waals surface area (Å²) in [5, 5.41) is 5.66. The summed E-state index contributed by atoms with van der Waals surface area (Å²) >= 11 is 7.40. The molecule has 1 aromatic rings. The van der Waals surface area contributed by atoms with Crippen LogP contribution in [0, 0.1) is 18.3 Å². The Morgan fingerprint density at radius 2 is 2.12 bits per heavy atom. The van der Waals surface area contributed by atoms with E-state index < -0.39 is 0 Å². The summed E-state index contributed by atoms with van der Waals surface area (Å²) in [6, 6.07) is 0. The topological polar surface area (TPSA) is 17.8 Å². The molecule has 1 aliphatic rings. The van der Waals surface area contributed by atoms with Gasteiger partial charge in [0.1, 0.15) is 0 Å². The fraction of sp³-hybridized carbons (Fsp3) is 0.769. The molecule has 1 aliphatic carbocycles. The van der Waals surface area contributed by atoms with Crippen molar-refractivity contribution in [3.8, 4) is 0 Å². The van der Waals surface area contributed by atoms with Gasteiger partial charge in [0, 0.05) is 11.9 Å². The second-order valence-electron chi connectivity index (χ2n) is 5.40. The molecule has 1 saturated carbocycles. The molecule has 96 valence electrons. The third-order valence-corrected chi connectivity index (χ3v) is 6.20. The van der Waals surface area contributed by atoms with E-state index in [0.717, 1.165) is 29.9 Å². The number of rotatable bonds is 5. The molecule has 0 amide bonds. The number of nitrogens with zero attached hydrogens (tertiary/aromatic N) is 2. The lowest BCUT2D eigenvalue weighted by Crippen LogP contribution is -2.26. The molecular weight excluding hydrogens is 344 g/mol. The van der Waals surface area contributed by atoms with Crippen molar-refractivity contribution in [3.63, 3.8) is 0 Å². The van der Waals surface area contributed by atoms with Gasteiger partial charge < -0.3 is 0 Å². The summed E-state index contributed by atoms with van der Waals surface area (Å²) in [5.74, 6) is 0.884. The fourth-order valence-electron chi connectivity index (χ4n) is 2.50. The van der Waals surface area contributed by atoms with Gasteiger partial charge in [-0.25, -0.2) is 0 Å². The number of aryl methyl sites for hydroxylation is 2. The third-order valence-electron chi connectivity index (χ3n) is 3.89. The SMILES string of the molecule is CCn1nc(C)c(Br)c1CC(C)(CBr)C1CC1. The van der Waals surface area contributed by atoms with Gasteiger partial charge in [-0.05, 0) is 60.4 Å². The molecule has 1 unspecified atom stereocenters. The van der Waals surface area contributed by atoms with Crippen LogP contribution in [0.15, 0.2) is 4.47 Å². The standard InChI is InChI=1S/C13H20Br2N2/c1-4-17-11(12(15)9(2)16-17)7-13(3,8-14)10-5-6-10/h10H,4-8H2,1-3H3. The van der Waals surface area contributed by atoms with E-state index in [0.29, 0.717) is 5.41 Å². The minimum absolute atomic E-state index is 0.377. The van der Waals surface area contributed by atoms with E-state index >= 15 is 0 Å². The molecule has 1 heterocycles. The Kier molecular flexibility index (Phi) is 4.03. The van der Waals surface area contributed by atoms with Gasteiger partial charge in [0.25, 0.3) is 0 Å². The first-order valence-corrected chi connectivity index (χ1v) is 8.21. The zero-order valence-corrected chi connectivity index (χ0v) is 13.9. The van der Waals surface area contributed by atoms with Crippen LogP contribution in [0.4, 0.5) is 0 Å². The fourth-order valence-corrected chi connectivity index (χ4v) is 3.58. The van der Waals surface area contributed by atoms with Crippen molar-refractivity contribution in [2.24, 2.45) is 11.3 Å². The highest BCUT2D eigenvalue weighted by atomic mass is 79.9. The zero-order valence-electron chi connectivity index (χ0n) is 10.8. The molecule has 17 heavy (non-hydrogen) atoms. The monoisotopic (exact) mass is 362 g/mol. The Hall–Kier alpha value is 0.170. The first kappa shape index (κ1) is 13.6. The molecule has 0 radical (unpaired) electrons. The Labute approximate surface area is 120 Å². The van der Waals surface area contributed by atoms with E-state index in [4.69, 9.17) is 0 Å².